The van der Waals surface area contributed by atoms with Crippen molar-refractivity contribution in [2.75, 3.05) is 0 Å². The minimum atomic E-state index is -4.61. The van der Waals surface area contributed by atoms with Crippen LogP contribution in [0.5, 0.6) is 11.5 Å². The van der Waals surface area contributed by atoms with Crippen LogP contribution in [-0.4, -0.2) is 5.11 Å². The van der Waals surface area contributed by atoms with Crippen LogP contribution in [0, 0.1) is 0 Å². The Morgan fingerprint density at radius 3 is 2.24 bits per heavy atom. The van der Waals surface area contributed by atoms with E-state index in [0.29, 0.717) is 5.02 Å². The average Bonchev–Trinajstić information content (AvgIpc) is 2.41. The number of aliphatic hydroxyl groups is 1. The van der Waals surface area contributed by atoms with Gasteiger partial charge in [0.05, 0.1) is 17.2 Å². The van der Waals surface area contributed by atoms with Crippen molar-refractivity contribution in [3.63, 3.8) is 0 Å². The Balaban J connectivity index is 2.44. The summed E-state index contributed by atoms with van der Waals surface area (Å²) >= 11 is 11.6. The smallest absolute Gasteiger partial charge is 0.419 e. The summed E-state index contributed by atoms with van der Waals surface area (Å²) in [7, 11) is 0. The van der Waals surface area contributed by atoms with Crippen LogP contribution in [-0.2, 0) is 12.8 Å². The van der Waals surface area contributed by atoms with E-state index in [1.165, 1.54) is 24.3 Å². The molecule has 0 saturated heterocycles. The molecular weight excluding hydrogens is 328 g/mol. The van der Waals surface area contributed by atoms with Crippen molar-refractivity contribution in [3.8, 4) is 11.5 Å². The molecule has 0 fully saturated rings. The van der Waals surface area contributed by atoms with E-state index in [1.807, 2.05) is 0 Å². The van der Waals surface area contributed by atoms with E-state index in [9.17, 15) is 13.2 Å². The second kappa shape index (κ2) is 6.13. The van der Waals surface area contributed by atoms with E-state index in [0.717, 1.165) is 12.1 Å². The minimum absolute atomic E-state index is 0.0586. The average molecular weight is 337 g/mol. The first-order valence-electron chi connectivity index (χ1n) is 5.75. The molecule has 0 heterocycles. The van der Waals surface area contributed by atoms with Gasteiger partial charge in [0.25, 0.3) is 0 Å². The zero-order valence-electron chi connectivity index (χ0n) is 10.4. The highest BCUT2D eigenvalue weighted by atomic mass is 35.5. The van der Waals surface area contributed by atoms with Gasteiger partial charge in [-0.15, -0.1) is 0 Å². The molecule has 0 amide bonds. The van der Waals surface area contributed by atoms with Gasteiger partial charge >= 0.3 is 6.18 Å². The standard InChI is InChI=1S/C14H9Cl2F3O2/c15-9-2-4-13(11(16)6-9)21-12-3-1-8(7-20)5-10(12)14(17,18)19/h1-6,20H,7H2. The molecule has 0 unspecified atom stereocenters. The fraction of sp³-hybridized carbons (Fsp3) is 0.143. The largest absolute Gasteiger partial charge is 0.455 e. The van der Waals surface area contributed by atoms with Crippen LogP contribution >= 0.6 is 23.2 Å². The third kappa shape index (κ3) is 3.81. The monoisotopic (exact) mass is 336 g/mol. The van der Waals surface area contributed by atoms with Gasteiger partial charge < -0.3 is 9.84 Å². The molecule has 0 aliphatic carbocycles. The Morgan fingerprint density at radius 1 is 1.00 bits per heavy atom. The Morgan fingerprint density at radius 2 is 1.67 bits per heavy atom. The van der Waals surface area contributed by atoms with Crippen LogP contribution in [0.3, 0.4) is 0 Å². The van der Waals surface area contributed by atoms with E-state index < -0.39 is 24.1 Å². The van der Waals surface area contributed by atoms with Crippen LogP contribution in [0.25, 0.3) is 0 Å². The molecule has 1 N–H and O–H groups in total. The van der Waals surface area contributed by atoms with Crippen molar-refractivity contribution in [1.29, 1.82) is 0 Å². The van der Waals surface area contributed by atoms with Crippen molar-refractivity contribution in [1.82, 2.24) is 0 Å². The fourth-order valence-corrected chi connectivity index (χ4v) is 2.11. The van der Waals surface area contributed by atoms with Crippen molar-refractivity contribution in [2.45, 2.75) is 12.8 Å². The molecule has 2 aromatic carbocycles. The van der Waals surface area contributed by atoms with Crippen molar-refractivity contribution < 1.29 is 23.0 Å². The summed E-state index contributed by atoms with van der Waals surface area (Å²) in [5, 5.41) is 9.38. The number of ether oxygens (including phenoxy) is 1. The van der Waals surface area contributed by atoms with Gasteiger partial charge in [-0.2, -0.15) is 13.2 Å². The van der Waals surface area contributed by atoms with Gasteiger partial charge in [-0.1, -0.05) is 29.3 Å². The van der Waals surface area contributed by atoms with Crippen molar-refractivity contribution >= 4 is 23.2 Å². The topological polar surface area (TPSA) is 29.5 Å². The molecule has 0 radical (unpaired) electrons. The van der Waals surface area contributed by atoms with Gasteiger partial charge in [0.15, 0.2) is 0 Å². The zero-order chi connectivity index (χ0) is 15.6. The fourth-order valence-electron chi connectivity index (χ4n) is 1.66. The molecule has 0 aromatic heterocycles. The maximum atomic E-state index is 13.0. The first-order chi connectivity index (χ1) is 9.81. The highest BCUT2D eigenvalue weighted by Gasteiger charge is 2.35. The predicted octanol–water partition coefficient (Wildman–Crippen LogP) is 5.30. The Hall–Kier alpha value is -1.43. The van der Waals surface area contributed by atoms with E-state index >= 15 is 0 Å². The molecule has 0 atom stereocenters. The summed E-state index contributed by atoms with van der Waals surface area (Å²) in [6.07, 6.45) is -4.61. The summed E-state index contributed by atoms with van der Waals surface area (Å²) in [5.41, 5.74) is -0.850. The maximum absolute atomic E-state index is 13.0. The third-order valence-corrected chi connectivity index (χ3v) is 3.18. The van der Waals surface area contributed by atoms with Crippen LogP contribution < -0.4 is 4.74 Å². The van der Waals surface area contributed by atoms with Gasteiger partial charge in [0.2, 0.25) is 0 Å². The normalized spacial score (nSPS) is 11.5. The third-order valence-electron chi connectivity index (χ3n) is 2.65. The number of hydrogen-bond donors (Lipinski definition) is 1. The number of benzene rings is 2. The number of hydrogen-bond acceptors (Lipinski definition) is 2. The van der Waals surface area contributed by atoms with Crippen molar-refractivity contribution in [3.05, 3.63) is 57.6 Å². The summed E-state index contributed by atoms with van der Waals surface area (Å²) in [5.74, 6) is -0.341. The van der Waals surface area contributed by atoms with Crippen LogP contribution in [0.4, 0.5) is 13.2 Å². The Bertz CT molecular complexity index is 657. The summed E-state index contributed by atoms with van der Waals surface area (Å²) in [6, 6.07) is 7.52. The second-order valence-corrected chi connectivity index (χ2v) is 5.01. The van der Waals surface area contributed by atoms with Gasteiger partial charge in [-0.25, -0.2) is 0 Å². The zero-order valence-corrected chi connectivity index (χ0v) is 11.9. The lowest BCUT2D eigenvalue weighted by Crippen LogP contribution is -2.08. The highest BCUT2D eigenvalue weighted by molar-refractivity contribution is 6.35. The van der Waals surface area contributed by atoms with Gasteiger partial charge in [-0.05, 0) is 35.9 Å². The molecule has 112 valence electrons. The van der Waals surface area contributed by atoms with E-state index in [4.69, 9.17) is 33.0 Å². The summed E-state index contributed by atoms with van der Waals surface area (Å²) < 4.78 is 44.3. The molecule has 0 bridgehead atoms. The number of halogens is 5. The second-order valence-electron chi connectivity index (χ2n) is 4.16. The molecule has 2 rings (SSSR count). The van der Waals surface area contributed by atoms with Gasteiger partial charge in [0, 0.05) is 5.02 Å². The molecule has 21 heavy (non-hydrogen) atoms. The first kappa shape index (κ1) is 15.9. The lowest BCUT2D eigenvalue weighted by molar-refractivity contribution is -0.138. The number of rotatable bonds is 3. The SMILES string of the molecule is OCc1ccc(Oc2ccc(Cl)cc2Cl)c(C(F)(F)F)c1. The quantitative estimate of drug-likeness (QED) is 0.824. The lowest BCUT2D eigenvalue weighted by atomic mass is 10.1. The Kier molecular flexibility index (Phi) is 4.66. The van der Waals surface area contributed by atoms with Crippen LogP contribution in [0.2, 0.25) is 10.0 Å². The number of alkyl halides is 3. The van der Waals surface area contributed by atoms with Crippen molar-refractivity contribution in [2.24, 2.45) is 0 Å². The summed E-state index contributed by atoms with van der Waals surface area (Å²) in [6.45, 7) is -0.495. The highest BCUT2D eigenvalue weighted by Crippen LogP contribution is 2.40. The summed E-state index contributed by atoms with van der Waals surface area (Å²) in [4.78, 5) is 0. The predicted molar refractivity (Wildman–Crippen MR) is 73.9 cm³/mol. The lowest BCUT2D eigenvalue weighted by Gasteiger charge is -2.15. The number of aliphatic hydroxyl groups excluding tert-OH is 1. The van der Waals surface area contributed by atoms with E-state index in [2.05, 4.69) is 0 Å². The molecule has 2 aromatic rings. The molecule has 2 nitrogen and oxygen atoms in total. The Labute approximate surface area is 128 Å². The molecular formula is C14H9Cl2F3O2. The van der Waals surface area contributed by atoms with Gasteiger partial charge in [-0.3, -0.25) is 0 Å². The minimum Gasteiger partial charge on any atom is -0.455 e. The molecule has 0 aliphatic rings. The van der Waals surface area contributed by atoms with Crippen LogP contribution in [0.15, 0.2) is 36.4 Å². The first-order valence-corrected chi connectivity index (χ1v) is 6.50. The molecule has 0 spiro atoms. The van der Waals surface area contributed by atoms with Gasteiger partial charge in [0.1, 0.15) is 11.5 Å². The van der Waals surface area contributed by atoms with E-state index in [1.54, 1.807) is 0 Å². The molecule has 0 aliphatic heterocycles. The maximum Gasteiger partial charge on any atom is 0.419 e. The molecule has 0 saturated carbocycles. The van der Waals surface area contributed by atoms with E-state index in [-0.39, 0.29) is 16.3 Å². The van der Waals surface area contributed by atoms with Crippen LogP contribution in [0.1, 0.15) is 11.1 Å². The molecule has 7 heteroatoms.